The lowest BCUT2D eigenvalue weighted by Gasteiger charge is -2.11. The number of pyridine rings is 1. The topological polar surface area (TPSA) is 105 Å². The minimum atomic E-state index is -0.702. The molecule has 24 heavy (non-hydrogen) atoms. The number of furan rings is 1. The molecule has 1 aliphatic heterocycles. The van der Waals surface area contributed by atoms with Crippen molar-refractivity contribution in [3.8, 4) is 0 Å². The van der Waals surface area contributed by atoms with Gasteiger partial charge < -0.3 is 15.1 Å². The van der Waals surface area contributed by atoms with E-state index in [0.717, 1.165) is 4.90 Å². The molecule has 0 aliphatic carbocycles. The molecule has 2 aromatic heterocycles. The predicted molar refractivity (Wildman–Crippen MR) is 83.7 cm³/mol. The van der Waals surface area contributed by atoms with E-state index < -0.39 is 12.1 Å². The van der Waals surface area contributed by atoms with Gasteiger partial charge in [-0.1, -0.05) is 0 Å². The molecule has 1 unspecified atom stereocenters. The Morgan fingerprint density at radius 2 is 2.21 bits per heavy atom. The van der Waals surface area contributed by atoms with Crippen LogP contribution in [0.15, 0.2) is 47.3 Å². The molecule has 0 bridgehead atoms. The summed E-state index contributed by atoms with van der Waals surface area (Å²) in [5.74, 6) is -0.0754. The lowest BCUT2D eigenvalue weighted by atomic mass is 10.1. The Bertz CT molecular complexity index is 730. The van der Waals surface area contributed by atoms with Crippen molar-refractivity contribution in [1.82, 2.24) is 15.2 Å². The van der Waals surface area contributed by atoms with Gasteiger partial charge in [-0.15, -0.1) is 0 Å². The van der Waals surface area contributed by atoms with Crippen molar-refractivity contribution in [2.45, 2.75) is 25.4 Å². The molecular formula is C16H16N4O4. The van der Waals surface area contributed by atoms with Crippen LogP contribution in [0, 0.1) is 0 Å². The average molecular weight is 328 g/mol. The van der Waals surface area contributed by atoms with Crippen LogP contribution in [0.2, 0.25) is 0 Å². The lowest BCUT2D eigenvalue weighted by molar-refractivity contribution is -0.128. The maximum atomic E-state index is 12.3. The number of aromatic nitrogens is 1. The summed E-state index contributed by atoms with van der Waals surface area (Å²) in [5, 5.41) is 5.27. The van der Waals surface area contributed by atoms with E-state index in [1.807, 2.05) is 0 Å². The zero-order valence-corrected chi connectivity index (χ0v) is 12.8. The maximum Gasteiger partial charge on any atom is 0.325 e. The monoisotopic (exact) mass is 328 g/mol. The second-order valence-electron chi connectivity index (χ2n) is 5.33. The van der Waals surface area contributed by atoms with Crippen LogP contribution in [0.3, 0.4) is 0 Å². The van der Waals surface area contributed by atoms with E-state index in [-0.39, 0.29) is 31.2 Å². The van der Waals surface area contributed by atoms with E-state index in [2.05, 4.69) is 15.6 Å². The lowest BCUT2D eigenvalue weighted by Crippen LogP contribution is -2.31. The van der Waals surface area contributed by atoms with Crippen molar-refractivity contribution in [3.63, 3.8) is 0 Å². The minimum absolute atomic E-state index is 0.0794. The summed E-state index contributed by atoms with van der Waals surface area (Å²) in [4.78, 5) is 41.1. The average Bonchev–Trinajstić information content (AvgIpc) is 3.18. The molecule has 124 valence electrons. The molecular weight excluding hydrogens is 312 g/mol. The van der Waals surface area contributed by atoms with Gasteiger partial charge in [-0.3, -0.25) is 19.5 Å². The van der Waals surface area contributed by atoms with Crippen LogP contribution < -0.4 is 10.6 Å². The highest BCUT2D eigenvalue weighted by Gasteiger charge is 2.38. The first kappa shape index (κ1) is 15.7. The van der Waals surface area contributed by atoms with Gasteiger partial charge in [0.2, 0.25) is 5.91 Å². The van der Waals surface area contributed by atoms with Crippen LogP contribution in [-0.2, 0) is 16.1 Å². The van der Waals surface area contributed by atoms with E-state index in [1.165, 1.54) is 12.5 Å². The van der Waals surface area contributed by atoms with Crippen molar-refractivity contribution < 1.29 is 18.8 Å². The highest BCUT2D eigenvalue weighted by atomic mass is 16.3. The van der Waals surface area contributed by atoms with E-state index in [9.17, 15) is 14.4 Å². The summed E-state index contributed by atoms with van der Waals surface area (Å²) < 4.78 is 5.15. The zero-order chi connectivity index (χ0) is 16.9. The molecule has 1 atom stereocenters. The second-order valence-corrected chi connectivity index (χ2v) is 5.33. The number of rotatable bonds is 6. The van der Waals surface area contributed by atoms with Crippen LogP contribution in [0.25, 0.3) is 0 Å². The molecule has 1 saturated heterocycles. The van der Waals surface area contributed by atoms with Gasteiger partial charge >= 0.3 is 6.03 Å². The first-order valence-electron chi connectivity index (χ1n) is 7.47. The maximum absolute atomic E-state index is 12.3. The van der Waals surface area contributed by atoms with Crippen molar-refractivity contribution in [3.05, 3.63) is 48.7 Å². The summed E-state index contributed by atoms with van der Waals surface area (Å²) in [6.07, 6.45) is 4.96. The Labute approximate surface area is 137 Å². The van der Waals surface area contributed by atoms with E-state index >= 15 is 0 Å². The quantitative estimate of drug-likeness (QED) is 0.782. The number of urea groups is 1. The van der Waals surface area contributed by atoms with Gasteiger partial charge in [0.15, 0.2) is 0 Å². The van der Waals surface area contributed by atoms with Crippen LogP contribution in [0.1, 0.15) is 18.6 Å². The molecule has 8 nitrogen and oxygen atoms in total. The highest BCUT2D eigenvalue weighted by Crippen LogP contribution is 2.15. The van der Waals surface area contributed by atoms with Gasteiger partial charge in [0.25, 0.3) is 5.91 Å². The number of nitrogens with one attached hydrogen (secondary N) is 2. The van der Waals surface area contributed by atoms with Crippen molar-refractivity contribution >= 4 is 23.5 Å². The third-order valence-corrected chi connectivity index (χ3v) is 3.61. The number of carbonyl (C=O) groups excluding carboxylic acids is 3. The zero-order valence-electron chi connectivity index (χ0n) is 12.8. The molecule has 0 spiro atoms. The molecule has 2 N–H and O–H groups in total. The molecule has 0 aromatic carbocycles. The number of nitrogens with zero attached hydrogens (tertiary/aromatic N) is 2. The normalized spacial score (nSPS) is 17.0. The fourth-order valence-corrected chi connectivity index (χ4v) is 2.42. The minimum Gasteiger partial charge on any atom is -0.467 e. The number of amides is 4. The summed E-state index contributed by atoms with van der Waals surface area (Å²) in [6.45, 7) is 0.0794. The Hall–Kier alpha value is -3.16. The molecule has 1 aliphatic rings. The van der Waals surface area contributed by atoms with Gasteiger partial charge in [0.05, 0.1) is 24.7 Å². The largest absolute Gasteiger partial charge is 0.467 e. The van der Waals surface area contributed by atoms with E-state index in [4.69, 9.17) is 4.42 Å². The van der Waals surface area contributed by atoms with E-state index in [1.54, 1.807) is 30.5 Å². The fraction of sp³-hybridized carbons (Fsp3) is 0.250. The van der Waals surface area contributed by atoms with Crippen LogP contribution >= 0.6 is 0 Å². The number of imide groups is 1. The number of carbonyl (C=O) groups is 3. The standard InChI is InChI=1S/C16H16N4O4/c21-14(18-11-3-1-7-17-9-11)6-5-13-15(22)20(16(23)19-13)10-12-4-2-8-24-12/h1-4,7-9,13H,5-6,10H2,(H,18,21)(H,19,23). The SMILES string of the molecule is O=C(CCC1NC(=O)N(Cc2ccco2)C1=O)Nc1cccnc1. The van der Waals surface area contributed by atoms with Crippen LogP contribution in [0.4, 0.5) is 10.5 Å². The summed E-state index contributed by atoms with van der Waals surface area (Å²) in [6, 6.07) is 5.63. The Morgan fingerprint density at radius 3 is 2.92 bits per heavy atom. The van der Waals surface area contributed by atoms with Crippen molar-refractivity contribution in [2.75, 3.05) is 5.32 Å². The van der Waals surface area contributed by atoms with Crippen molar-refractivity contribution in [2.24, 2.45) is 0 Å². The fourth-order valence-electron chi connectivity index (χ4n) is 2.42. The number of hydrogen-bond acceptors (Lipinski definition) is 5. The summed E-state index contributed by atoms with van der Waals surface area (Å²) in [7, 11) is 0. The molecule has 3 heterocycles. The van der Waals surface area contributed by atoms with Gasteiger partial charge in [-0.25, -0.2) is 4.79 Å². The second kappa shape index (κ2) is 6.95. The molecule has 2 aromatic rings. The third kappa shape index (κ3) is 3.60. The first-order chi connectivity index (χ1) is 11.6. The van der Waals surface area contributed by atoms with Gasteiger partial charge in [-0.2, -0.15) is 0 Å². The molecule has 0 radical (unpaired) electrons. The van der Waals surface area contributed by atoms with Gasteiger partial charge in [-0.05, 0) is 30.7 Å². The highest BCUT2D eigenvalue weighted by molar-refractivity contribution is 6.04. The van der Waals surface area contributed by atoms with Gasteiger partial charge in [0.1, 0.15) is 11.8 Å². The van der Waals surface area contributed by atoms with Crippen molar-refractivity contribution in [1.29, 1.82) is 0 Å². The molecule has 1 fully saturated rings. The number of hydrogen-bond donors (Lipinski definition) is 2. The Balaban J connectivity index is 1.51. The Morgan fingerprint density at radius 1 is 1.33 bits per heavy atom. The smallest absolute Gasteiger partial charge is 0.325 e. The van der Waals surface area contributed by atoms with Gasteiger partial charge in [0, 0.05) is 12.6 Å². The van der Waals surface area contributed by atoms with Crippen LogP contribution in [-0.4, -0.2) is 33.8 Å². The number of anilines is 1. The summed E-state index contributed by atoms with van der Waals surface area (Å²) >= 11 is 0. The van der Waals surface area contributed by atoms with E-state index in [0.29, 0.717) is 11.4 Å². The predicted octanol–water partition coefficient (Wildman–Crippen LogP) is 1.51. The van der Waals surface area contributed by atoms with Crippen LogP contribution in [0.5, 0.6) is 0 Å². The molecule has 8 heteroatoms. The third-order valence-electron chi connectivity index (χ3n) is 3.61. The Kier molecular flexibility index (Phi) is 4.55. The molecule has 0 saturated carbocycles. The molecule has 4 amide bonds. The first-order valence-corrected chi connectivity index (χ1v) is 7.47. The molecule has 3 rings (SSSR count). The summed E-state index contributed by atoms with van der Waals surface area (Å²) in [5.41, 5.74) is 0.587.